The normalized spacial score (nSPS) is 9.57. The van der Waals surface area contributed by atoms with Gasteiger partial charge in [-0.05, 0) is 25.5 Å². The van der Waals surface area contributed by atoms with E-state index in [0.29, 0.717) is 0 Å². The number of carbonyl (C=O) groups is 3. The van der Waals surface area contributed by atoms with Crippen LogP contribution < -0.4 is 0 Å². The van der Waals surface area contributed by atoms with Crippen LogP contribution in [0.3, 0.4) is 0 Å². The van der Waals surface area contributed by atoms with Gasteiger partial charge in [0.25, 0.3) is 5.69 Å². The second-order valence-electron chi connectivity index (χ2n) is 3.88. The molecule has 0 N–H and O–H groups in total. The Morgan fingerprint density at radius 3 is 2.48 bits per heavy atom. The van der Waals surface area contributed by atoms with Crippen molar-refractivity contribution in [2.24, 2.45) is 0 Å². The largest absolute Gasteiger partial charge is 0.460 e. The molecule has 0 bridgehead atoms. The fourth-order valence-corrected chi connectivity index (χ4v) is 1.66. The first-order chi connectivity index (χ1) is 9.84. The minimum Gasteiger partial charge on any atom is -0.460 e. The minimum absolute atomic E-state index is 0.000564. The summed E-state index contributed by atoms with van der Waals surface area (Å²) in [4.78, 5) is 45.0. The summed E-state index contributed by atoms with van der Waals surface area (Å²) in [6.45, 7) is 2.62. The molecular weight excluding hydrogens is 280 g/mol. The molecule has 0 aromatic heterocycles. The number of hydrogen-bond acceptors (Lipinski definition) is 7. The van der Waals surface area contributed by atoms with Crippen LogP contribution in [-0.4, -0.2) is 29.1 Å². The zero-order valence-corrected chi connectivity index (χ0v) is 11.2. The van der Waals surface area contributed by atoms with Crippen LogP contribution in [0.25, 0.3) is 0 Å². The Labute approximate surface area is 119 Å². The van der Waals surface area contributed by atoms with E-state index in [2.05, 4.69) is 4.74 Å². The predicted molar refractivity (Wildman–Crippen MR) is 68.5 cm³/mol. The molecule has 0 aliphatic carbocycles. The maximum Gasteiger partial charge on any atom is 0.383 e. The van der Waals surface area contributed by atoms with Gasteiger partial charge in [0, 0.05) is 6.07 Å². The maximum atomic E-state index is 12.0. The van der Waals surface area contributed by atoms with Gasteiger partial charge in [-0.1, -0.05) is 0 Å². The Bertz CT molecular complexity index is 687. The van der Waals surface area contributed by atoms with Crippen LogP contribution in [0, 0.1) is 28.4 Å². The van der Waals surface area contributed by atoms with Crippen LogP contribution in [0.2, 0.25) is 0 Å². The zero-order valence-electron chi connectivity index (χ0n) is 11.2. The molecule has 8 nitrogen and oxygen atoms in total. The van der Waals surface area contributed by atoms with Crippen molar-refractivity contribution in [1.82, 2.24) is 0 Å². The highest BCUT2D eigenvalue weighted by Gasteiger charge is 2.33. The lowest BCUT2D eigenvalue weighted by molar-refractivity contribution is -0.385. The van der Waals surface area contributed by atoms with E-state index in [4.69, 9.17) is 5.26 Å². The molecule has 0 amide bonds. The first-order valence-electron chi connectivity index (χ1n) is 5.79. The monoisotopic (exact) mass is 290 g/mol. The summed E-state index contributed by atoms with van der Waals surface area (Å²) < 4.78 is 4.40. The highest BCUT2D eigenvalue weighted by atomic mass is 16.6. The van der Waals surface area contributed by atoms with E-state index in [9.17, 15) is 24.5 Å². The molecule has 1 aromatic rings. The van der Waals surface area contributed by atoms with E-state index >= 15 is 0 Å². The third kappa shape index (κ3) is 3.09. The highest BCUT2D eigenvalue weighted by molar-refractivity contribution is 6.66. The smallest absolute Gasteiger partial charge is 0.383 e. The van der Waals surface area contributed by atoms with E-state index in [1.54, 1.807) is 6.07 Å². The fourth-order valence-electron chi connectivity index (χ4n) is 1.66. The lowest BCUT2D eigenvalue weighted by atomic mass is 9.96. The topological polar surface area (TPSA) is 127 Å². The molecule has 0 saturated carbocycles. The Morgan fingerprint density at radius 1 is 1.38 bits per heavy atom. The number of ether oxygens (including phenoxy) is 1. The molecule has 0 unspecified atom stereocenters. The molecule has 0 fully saturated rings. The Kier molecular flexibility index (Phi) is 4.86. The van der Waals surface area contributed by atoms with Gasteiger partial charge >= 0.3 is 11.8 Å². The average Bonchev–Trinajstić information content (AvgIpc) is 2.45. The highest BCUT2D eigenvalue weighted by Crippen LogP contribution is 2.25. The van der Waals surface area contributed by atoms with Gasteiger partial charge in [0.05, 0.1) is 23.2 Å². The van der Waals surface area contributed by atoms with Crippen molar-refractivity contribution < 1.29 is 24.0 Å². The molecule has 8 heteroatoms. The minimum atomic E-state index is -1.52. The summed E-state index contributed by atoms with van der Waals surface area (Å²) in [7, 11) is 0. The Balaban J connectivity index is 3.44. The number of benzene rings is 1. The fraction of sp³-hybridized carbons (Fsp3) is 0.231. The molecule has 108 valence electrons. The van der Waals surface area contributed by atoms with E-state index in [1.165, 1.54) is 19.9 Å². The average molecular weight is 290 g/mol. The van der Waals surface area contributed by atoms with Gasteiger partial charge in [-0.3, -0.25) is 19.7 Å². The summed E-state index contributed by atoms with van der Waals surface area (Å²) in [5.74, 6) is -4.27. The zero-order chi connectivity index (χ0) is 16.2. The summed E-state index contributed by atoms with van der Waals surface area (Å²) in [5, 5.41) is 19.8. The van der Waals surface area contributed by atoms with Crippen molar-refractivity contribution in [3.8, 4) is 6.07 Å². The number of carbonyl (C=O) groups excluding carboxylic acids is 3. The van der Waals surface area contributed by atoms with E-state index in [1.807, 2.05) is 0 Å². The number of nitro groups is 1. The molecule has 21 heavy (non-hydrogen) atoms. The van der Waals surface area contributed by atoms with Crippen LogP contribution in [0.1, 0.15) is 28.4 Å². The molecule has 0 heterocycles. The van der Waals surface area contributed by atoms with Crippen molar-refractivity contribution >= 4 is 23.2 Å². The number of hydrogen-bond donors (Lipinski definition) is 0. The molecule has 0 radical (unpaired) electrons. The number of nitrogens with zero attached hydrogens (tertiary/aromatic N) is 2. The van der Waals surface area contributed by atoms with Gasteiger partial charge < -0.3 is 4.74 Å². The van der Waals surface area contributed by atoms with Crippen molar-refractivity contribution in [2.75, 3.05) is 6.61 Å². The van der Waals surface area contributed by atoms with Crippen molar-refractivity contribution in [2.45, 2.75) is 13.8 Å². The van der Waals surface area contributed by atoms with E-state index in [0.717, 1.165) is 6.07 Å². The first kappa shape index (κ1) is 16.0. The summed E-state index contributed by atoms with van der Waals surface area (Å²) >= 11 is 0. The maximum absolute atomic E-state index is 12.0. The molecule has 1 rings (SSSR count). The third-order valence-corrected chi connectivity index (χ3v) is 2.65. The van der Waals surface area contributed by atoms with E-state index < -0.39 is 33.7 Å². The molecule has 0 saturated heterocycles. The molecular formula is C13H10N2O6. The number of Topliss-reactive ketones (excluding diaryl/α,β-unsaturated/α-hetero) is 2. The van der Waals surface area contributed by atoms with Crippen LogP contribution in [0.4, 0.5) is 5.69 Å². The molecule has 0 aliphatic rings. The summed E-state index contributed by atoms with van der Waals surface area (Å²) in [6.07, 6.45) is 0. The molecule has 0 aliphatic heterocycles. The standard InChI is InChI=1S/C13H10N2O6/c1-3-21-13(18)12(17)11(16)10-7(2)8(6-14)4-5-9(10)15(19)20/h4-5H,3H2,1-2H3. The molecule has 0 atom stereocenters. The SMILES string of the molecule is CCOC(=O)C(=O)C(=O)c1c([N+](=O)[O-])ccc(C#N)c1C. The van der Waals surface area contributed by atoms with Crippen LogP contribution in [-0.2, 0) is 14.3 Å². The van der Waals surface area contributed by atoms with E-state index in [-0.39, 0.29) is 17.7 Å². The van der Waals surface area contributed by atoms with Gasteiger partial charge in [0.15, 0.2) is 0 Å². The summed E-state index contributed by atoms with van der Waals surface area (Å²) in [5.41, 5.74) is -1.25. The van der Waals surface area contributed by atoms with Gasteiger partial charge in [0.1, 0.15) is 5.56 Å². The Morgan fingerprint density at radius 2 is 2.00 bits per heavy atom. The number of nitro benzene ring substituents is 1. The third-order valence-electron chi connectivity index (χ3n) is 2.65. The predicted octanol–water partition coefficient (Wildman–Crippen LogP) is 1.09. The van der Waals surface area contributed by atoms with Gasteiger partial charge in [-0.2, -0.15) is 5.26 Å². The van der Waals surface area contributed by atoms with Gasteiger partial charge in [0.2, 0.25) is 5.78 Å². The number of esters is 1. The second kappa shape index (κ2) is 6.38. The van der Waals surface area contributed by atoms with Crippen molar-refractivity contribution in [3.63, 3.8) is 0 Å². The quantitative estimate of drug-likeness (QED) is 0.198. The first-order valence-corrected chi connectivity index (χ1v) is 5.79. The Hall–Kier alpha value is -3.08. The van der Waals surface area contributed by atoms with Crippen LogP contribution in [0.5, 0.6) is 0 Å². The molecule has 1 aromatic carbocycles. The molecule has 0 spiro atoms. The van der Waals surface area contributed by atoms with Crippen LogP contribution in [0.15, 0.2) is 12.1 Å². The van der Waals surface area contributed by atoms with Gasteiger partial charge in [-0.25, -0.2) is 4.79 Å². The number of nitriles is 1. The van der Waals surface area contributed by atoms with Crippen molar-refractivity contribution in [1.29, 1.82) is 5.26 Å². The lowest BCUT2D eigenvalue weighted by Crippen LogP contribution is -2.27. The second-order valence-corrected chi connectivity index (χ2v) is 3.88. The summed E-state index contributed by atoms with van der Waals surface area (Å²) in [6, 6.07) is 3.86. The van der Waals surface area contributed by atoms with Crippen molar-refractivity contribution in [3.05, 3.63) is 38.9 Å². The number of rotatable bonds is 5. The van der Waals surface area contributed by atoms with Gasteiger partial charge in [-0.15, -0.1) is 0 Å². The lowest BCUT2D eigenvalue weighted by Gasteiger charge is -2.06. The van der Waals surface area contributed by atoms with Crippen LogP contribution >= 0.6 is 0 Å². The number of ketones is 2.